The molecule has 0 aromatic heterocycles. The summed E-state index contributed by atoms with van der Waals surface area (Å²) in [5.74, 6) is 0.704. The van der Waals surface area contributed by atoms with Crippen LogP contribution in [-0.4, -0.2) is 5.25 Å². The Morgan fingerprint density at radius 3 is 3.15 bits per heavy atom. The standard InChI is InChI=1S/C12H12S/c1-3-7-11-9(5-1)10-6-2-4-8-12(10)13-11/h1,3-5,7-9,11H,2,6H2/t9-,11?/m0/s1. The number of thioether (sulfide) groups is 1. The van der Waals surface area contributed by atoms with Crippen molar-refractivity contribution in [3.05, 3.63) is 46.9 Å². The summed E-state index contributed by atoms with van der Waals surface area (Å²) < 4.78 is 0. The fourth-order valence-electron chi connectivity index (χ4n) is 2.27. The van der Waals surface area contributed by atoms with Crippen LogP contribution in [-0.2, 0) is 0 Å². The van der Waals surface area contributed by atoms with Gasteiger partial charge in [-0.05, 0) is 18.4 Å². The maximum atomic E-state index is 2.36. The summed E-state index contributed by atoms with van der Waals surface area (Å²) in [7, 11) is 0. The van der Waals surface area contributed by atoms with Crippen LogP contribution in [0.5, 0.6) is 0 Å². The molecule has 13 heavy (non-hydrogen) atoms. The van der Waals surface area contributed by atoms with Gasteiger partial charge in [0, 0.05) is 16.1 Å². The maximum absolute atomic E-state index is 2.36. The first kappa shape index (κ1) is 7.69. The number of hydrogen-bond acceptors (Lipinski definition) is 1. The second kappa shape index (κ2) is 2.91. The SMILES string of the molecule is C1=CC2SC3=C(CCC=C3)[C@@H]2C=C1. The Balaban J connectivity index is 2.00. The first-order chi connectivity index (χ1) is 6.45. The molecule has 0 bridgehead atoms. The molecule has 3 aliphatic rings. The van der Waals surface area contributed by atoms with E-state index in [0.29, 0.717) is 11.2 Å². The molecule has 0 radical (unpaired) electrons. The molecule has 66 valence electrons. The Kier molecular flexibility index (Phi) is 1.72. The average molecular weight is 188 g/mol. The number of allylic oxidation sites excluding steroid dienone is 6. The van der Waals surface area contributed by atoms with Gasteiger partial charge in [-0.3, -0.25) is 0 Å². The molecule has 0 fully saturated rings. The normalized spacial score (nSPS) is 35.1. The van der Waals surface area contributed by atoms with Crippen LogP contribution < -0.4 is 0 Å². The smallest absolute Gasteiger partial charge is 0.0378 e. The van der Waals surface area contributed by atoms with Gasteiger partial charge in [-0.15, -0.1) is 11.8 Å². The highest BCUT2D eigenvalue weighted by Crippen LogP contribution is 2.48. The van der Waals surface area contributed by atoms with Crippen LogP contribution in [0.4, 0.5) is 0 Å². The van der Waals surface area contributed by atoms with E-state index in [1.807, 2.05) is 11.8 Å². The number of hydrogen-bond donors (Lipinski definition) is 0. The predicted molar refractivity (Wildman–Crippen MR) is 58.5 cm³/mol. The molecule has 0 amide bonds. The molecule has 0 aromatic carbocycles. The van der Waals surface area contributed by atoms with Crippen molar-refractivity contribution in [1.29, 1.82) is 0 Å². The minimum absolute atomic E-state index is 0.692. The molecule has 2 atom stereocenters. The van der Waals surface area contributed by atoms with Gasteiger partial charge >= 0.3 is 0 Å². The second-order valence-corrected chi connectivity index (χ2v) is 4.93. The van der Waals surface area contributed by atoms with Gasteiger partial charge in [0.1, 0.15) is 0 Å². The minimum Gasteiger partial charge on any atom is -0.118 e. The highest BCUT2D eigenvalue weighted by molar-refractivity contribution is 8.04. The zero-order chi connectivity index (χ0) is 8.67. The van der Waals surface area contributed by atoms with Gasteiger partial charge in [-0.2, -0.15) is 0 Å². The predicted octanol–water partition coefficient (Wildman–Crippen LogP) is 3.45. The van der Waals surface area contributed by atoms with Gasteiger partial charge in [-0.1, -0.05) is 36.5 Å². The van der Waals surface area contributed by atoms with Crippen molar-refractivity contribution >= 4 is 11.8 Å². The monoisotopic (exact) mass is 188 g/mol. The summed E-state index contributed by atoms with van der Waals surface area (Å²) in [6, 6.07) is 0. The van der Waals surface area contributed by atoms with Gasteiger partial charge in [0.05, 0.1) is 0 Å². The zero-order valence-corrected chi connectivity index (χ0v) is 8.26. The maximum Gasteiger partial charge on any atom is 0.0378 e. The summed E-state index contributed by atoms with van der Waals surface area (Å²) in [5, 5.41) is 0.692. The fraction of sp³-hybridized carbons (Fsp3) is 0.333. The third kappa shape index (κ3) is 1.14. The number of fused-ring (bicyclic) bond motifs is 2. The van der Waals surface area contributed by atoms with Crippen LogP contribution >= 0.6 is 11.8 Å². The summed E-state index contributed by atoms with van der Waals surface area (Å²) >= 11 is 2.03. The summed E-state index contributed by atoms with van der Waals surface area (Å²) in [5.41, 5.74) is 1.68. The average Bonchev–Trinajstić information content (AvgIpc) is 2.56. The molecule has 1 aliphatic heterocycles. The van der Waals surface area contributed by atoms with E-state index in [0.717, 1.165) is 0 Å². The van der Waals surface area contributed by atoms with Gasteiger partial charge in [0.15, 0.2) is 0 Å². The van der Waals surface area contributed by atoms with Crippen LogP contribution in [0.1, 0.15) is 12.8 Å². The highest BCUT2D eigenvalue weighted by Gasteiger charge is 2.32. The first-order valence-electron chi connectivity index (χ1n) is 4.86. The summed E-state index contributed by atoms with van der Waals surface area (Å²) in [4.78, 5) is 1.54. The van der Waals surface area contributed by atoms with Crippen LogP contribution in [0.2, 0.25) is 0 Å². The van der Waals surface area contributed by atoms with Crippen molar-refractivity contribution in [2.24, 2.45) is 5.92 Å². The van der Waals surface area contributed by atoms with Crippen molar-refractivity contribution in [2.75, 3.05) is 0 Å². The van der Waals surface area contributed by atoms with Crippen molar-refractivity contribution in [1.82, 2.24) is 0 Å². The molecule has 1 unspecified atom stereocenters. The lowest BCUT2D eigenvalue weighted by molar-refractivity contribution is 0.738. The van der Waals surface area contributed by atoms with Crippen molar-refractivity contribution in [3.63, 3.8) is 0 Å². The molecule has 0 spiro atoms. The van der Waals surface area contributed by atoms with Crippen LogP contribution in [0.3, 0.4) is 0 Å². The molecular weight excluding hydrogens is 176 g/mol. The van der Waals surface area contributed by atoms with E-state index < -0.39 is 0 Å². The van der Waals surface area contributed by atoms with Crippen LogP contribution in [0, 0.1) is 5.92 Å². The topological polar surface area (TPSA) is 0 Å². The van der Waals surface area contributed by atoms with Gasteiger partial charge in [0.2, 0.25) is 0 Å². The van der Waals surface area contributed by atoms with E-state index in [4.69, 9.17) is 0 Å². The van der Waals surface area contributed by atoms with E-state index in [9.17, 15) is 0 Å². The quantitative estimate of drug-likeness (QED) is 0.561. The Hall–Kier alpha value is -0.690. The Morgan fingerprint density at radius 2 is 2.15 bits per heavy atom. The van der Waals surface area contributed by atoms with Crippen molar-refractivity contribution in [2.45, 2.75) is 18.1 Å². The summed E-state index contributed by atoms with van der Waals surface area (Å²) in [6.45, 7) is 0. The van der Waals surface area contributed by atoms with E-state index in [1.165, 1.54) is 17.7 Å². The first-order valence-corrected chi connectivity index (χ1v) is 5.74. The van der Waals surface area contributed by atoms with Gasteiger partial charge in [0.25, 0.3) is 0 Å². The van der Waals surface area contributed by atoms with E-state index in [2.05, 4.69) is 36.5 Å². The molecular formula is C12H12S. The lowest BCUT2D eigenvalue weighted by Gasteiger charge is -2.17. The lowest BCUT2D eigenvalue weighted by Crippen LogP contribution is -2.12. The zero-order valence-electron chi connectivity index (χ0n) is 7.44. The van der Waals surface area contributed by atoms with Crippen LogP contribution in [0.15, 0.2) is 46.9 Å². The molecule has 1 heterocycles. The third-order valence-electron chi connectivity index (χ3n) is 2.92. The Morgan fingerprint density at radius 1 is 1.23 bits per heavy atom. The lowest BCUT2D eigenvalue weighted by atomic mass is 9.87. The molecule has 0 N–H and O–H groups in total. The van der Waals surface area contributed by atoms with Crippen LogP contribution in [0.25, 0.3) is 0 Å². The Labute approximate surface area is 83.1 Å². The van der Waals surface area contributed by atoms with E-state index in [1.54, 1.807) is 5.57 Å². The van der Waals surface area contributed by atoms with Crippen molar-refractivity contribution in [3.8, 4) is 0 Å². The largest absolute Gasteiger partial charge is 0.118 e. The fourth-order valence-corrected chi connectivity index (χ4v) is 3.69. The second-order valence-electron chi connectivity index (χ2n) is 3.71. The van der Waals surface area contributed by atoms with Crippen molar-refractivity contribution < 1.29 is 0 Å². The van der Waals surface area contributed by atoms with E-state index in [-0.39, 0.29) is 0 Å². The Bertz CT molecular complexity index is 344. The third-order valence-corrected chi connectivity index (χ3v) is 4.29. The van der Waals surface area contributed by atoms with Gasteiger partial charge < -0.3 is 0 Å². The highest BCUT2D eigenvalue weighted by atomic mass is 32.2. The molecule has 1 heteroatoms. The molecule has 0 saturated heterocycles. The van der Waals surface area contributed by atoms with E-state index >= 15 is 0 Å². The molecule has 2 aliphatic carbocycles. The molecule has 0 aromatic rings. The molecule has 0 saturated carbocycles. The number of rotatable bonds is 0. The van der Waals surface area contributed by atoms with Gasteiger partial charge in [-0.25, -0.2) is 0 Å². The molecule has 3 rings (SSSR count). The summed E-state index contributed by atoms with van der Waals surface area (Å²) in [6.07, 6.45) is 16.2. The molecule has 0 nitrogen and oxygen atoms in total. The minimum atomic E-state index is 0.692.